The summed E-state index contributed by atoms with van der Waals surface area (Å²) >= 11 is 0. The van der Waals surface area contributed by atoms with Crippen molar-refractivity contribution in [1.82, 2.24) is 4.31 Å². The van der Waals surface area contributed by atoms with Crippen LogP contribution in [0.2, 0.25) is 0 Å². The average molecular weight is 284 g/mol. The van der Waals surface area contributed by atoms with Crippen LogP contribution in [0.15, 0.2) is 34.7 Å². The second-order valence-electron chi connectivity index (χ2n) is 4.62. The monoisotopic (exact) mass is 284 g/mol. The highest BCUT2D eigenvalue weighted by atomic mass is 32.2. The summed E-state index contributed by atoms with van der Waals surface area (Å²) < 4.78 is 39.6. The summed E-state index contributed by atoms with van der Waals surface area (Å²) in [4.78, 5) is 0.0994. The Hall–Kier alpha value is -1.24. The van der Waals surface area contributed by atoms with Gasteiger partial charge in [-0.1, -0.05) is 11.6 Å². The van der Waals surface area contributed by atoms with Gasteiger partial charge >= 0.3 is 0 Å². The van der Waals surface area contributed by atoms with E-state index in [2.05, 4.69) is 0 Å². The lowest BCUT2D eigenvalue weighted by Gasteiger charge is -2.25. The van der Waals surface area contributed by atoms with Crippen LogP contribution in [0.5, 0.6) is 0 Å². The fourth-order valence-electron chi connectivity index (χ4n) is 1.99. The molecule has 0 aromatic heterocycles. The van der Waals surface area contributed by atoms with E-state index in [9.17, 15) is 12.8 Å². The van der Waals surface area contributed by atoms with Crippen molar-refractivity contribution in [2.24, 2.45) is 5.73 Å². The van der Waals surface area contributed by atoms with Crippen LogP contribution in [0.25, 0.3) is 0 Å². The van der Waals surface area contributed by atoms with Gasteiger partial charge in [-0.05, 0) is 31.5 Å². The molecule has 6 heteroatoms. The summed E-state index contributed by atoms with van der Waals surface area (Å²) in [7, 11) is -3.57. The van der Waals surface area contributed by atoms with E-state index in [0.717, 1.165) is 12.5 Å². The van der Waals surface area contributed by atoms with Crippen LogP contribution >= 0.6 is 0 Å². The summed E-state index contributed by atoms with van der Waals surface area (Å²) in [6.07, 6.45) is 2.62. The Bertz CT molecular complexity index is 611. The first-order chi connectivity index (χ1) is 8.95. The fraction of sp³-hybridized carbons (Fsp3) is 0.385. The van der Waals surface area contributed by atoms with Gasteiger partial charge in [-0.3, -0.25) is 0 Å². The Balaban J connectivity index is 2.35. The Morgan fingerprint density at radius 1 is 1.42 bits per heavy atom. The lowest BCUT2D eigenvalue weighted by Crippen LogP contribution is -2.34. The Labute approximate surface area is 112 Å². The summed E-state index contributed by atoms with van der Waals surface area (Å²) in [5.74, 6) is -0.476. The van der Waals surface area contributed by atoms with Crippen LogP contribution in [0.1, 0.15) is 18.9 Å². The molecule has 1 aliphatic heterocycles. The zero-order valence-electron chi connectivity index (χ0n) is 10.8. The van der Waals surface area contributed by atoms with Gasteiger partial charge in [-0.2, -0.15) is 4.31 Å². The number of rotatable bonds is 3. The summed E-state index contributed by atoms with van der Waals surface area (Å²) in [5, 5.41) is 0. The maximum atomic E-state index is 13.4. The first-order valence-corrected chi connectivity index (χ1v) is 7.53. The molecule has 1 aromatic rings. The maximum absolute atomic E-state index is 13.4. The molecule has 0 saturated carbocycles. The molecule has 0 fully saturated rings. The molecule has 0 unspecified atom stereocenters. The van der Waals surface area contributed by atoms with Gasteiger partial charge < -0.3 is 5.73 Å². The van der Waals surface area contributed by atoms with E-state index >= 15 is 0 Å². The minimum absolute atomic E-state index is 0.0196. The highest BCUT2D eigenvalue weighted by Gasteiger charge is 2.25. The standard InChI is InChI=1S/C13H17FN2O2S/c1-10-4-6-16(7-5-10)19(17,18)12-2-3-13(14)11(8-12)9-15/h2-4,8H,5-7,9,15H2,1H3. The predicted molar refractivity (Wildman–Crippen MR) is 71.4 cm³/mol. The van der Waals surface area contributed by atoms with Crippen molar-refractivity contribution >= 4 is 10.0 Å². The van der Waals surface area contributed by atoms with E-state index in [1.807, 2.05) is 13.0 Å². The first-order valence-electron chi connectivity index (χ1n) is 6.09. The van der Waals surface area contributed by atoms with E-state index in [4.69, 9.17) is 5.73 Å². The third-order valence-corrected chi connectivity index (χ3v) is 5.13. The van der Waals surface area contributed by atoms with E-state index in [1.165, 1.54) is 22.0 Å². The third kappa shape index (κ3) is 2.86. The Morgan fingerprint density at radius 3 is 2.74 bits per heavy atom. The highest BCUT2D eigenvalue weighted by Crippen LogP contribution is 2.22. The van der Waals surface area contributed by atoms with Gasteiger partial charge in [0.2, 0.25) is 10.0 Å². The molecule has 1 aliphatic rings. The van der Waals surface area contributed by atoms with Crippen LogP contribution in [-0.4, -0.2) is 25.8 Å². The second kappa shape index (κ2) is 5.40. The van der Waals surface area contributed by atoms with Crippen LogP contribution in [-0.2, 0) is 16.6 Å². The molecular weight excluding hydrogens is 267 g/mol. The van der Waals surface area contributed by atoms with E-state index in [1.54, 1.807) is 0 Å². The number of benzene rings is 1. The molecule has 0 aliphatic carbocycles. The van der Waals surface area contributed by atoms with E-state index < -0.39 is 15.8 Å². The molecular formula is C13H17FN2O2S. The quantitative estimate of drug-likeness (QED) is 0.858. The number of sulfonamides is 1. The summed E-state index contributed by atoms with van der Waals surface area (Å²) in [6, 6.07) is 3.75. The smallest absolute Gasteiger partial charge is 0.243 e. The van der Waals surface area contributed by atoms with Crippen LogP contribution in [0, 0.1) is 5.82 Å². The van der Waals surface area contributed by atoms with Crippen molar-refractivity contribution in [3.05, 3.63) is 41.2 Å². The fourth-order valence-corrected chi connectivity index (χ4v) is 3.42. The molecule has 19 heavy (non-hydrogen) atoms. The predicted octanol–water partition coefficient (Wildman–Crippen LogP) is 1.63. The van der Waals surface area contributed by atoms with Gasteiger partial charge in [0.15, 0.2) is 0 Å². The zero-order valence-corrected chi connectivity index (χ0v) is 11.6. The Kier molecular flexibility index (Phi) is 4.03. The second-order valence-corrected chi connectivity index (χ2v) is 6.56. The maximum Gasteiger partial charge on any atom is 0.243 e. The largest absolute Gasteiger partial charge is 0.326 e. The van der Waals surface area contributed by atoms with Crippen molar-refractivity contribution in [3.63, 3.8) is 0 Å². The van der Waals surface area contributed by atoms with Gasteiger partial charge in [0.1, 0.15) is 5.82 Å². The molecule has 104 valence electrons. The topological polar surface area (TPSA) is 63.4 Å². The lowest BCUT2D eigenvalue weighted by molar-refractivity contribution is 0.431. The number of nitrogens with two attached hydrogens (primary N) is 1. The first kappa shape index (κ1) is 14.2. The van der Waals surface area contributed by atoms with Crippen molar-refractivity contribution < 1.29 is 12.8 Å². The minimum atomic E-state index is -3.57. The molecule has 0 bridgehead atoms. The highest BCUT2D eigenvalue weighted by molar-refractivity contribution is 7.89. The number of hydrogen-bond donors (Lipinski definition) is 1. The van der Waals surface area contributed by atoms with Gasteiger partial charge in [0.25, 0.3) is 0 Å². The average Bonchev–Trinajstić information content (AvgIpc) is 2.39. The lowest BCUT2D eigenvalue weighted by atomic mass is 10.1. The number of nitrogens with zero attached hydrogens (tertiary/aromatic N) is 1. The number of hydrogen-bond acceptors (Lipinski definition) is 3. The van der Waals surface area contributed by atoms with Gasteiger partial charge in [-0.25, -0.2) is 12.8 Å². The van der Waals surface area contributed by atoms with Crippen molar-refractivity contribution in [2.75, 3.05) is 13.1 Å². The van der Waals surface area contributed by atoms with E-state index in [0.29, 0.717) is 13.1 Å². The molecule has 2 N–H and O–H groups in total. The zero-order chi connectivity index (χ0) is 14.0. The van der Waals surface area contributed by atoms with Crippen molar-refractivity contribution in [2.45, 2.75) is 24.8 Å². The normalized spacial score (nSPS) is 17.3. The minimum Gasteiger partial charge on any atom is -0.326 e. The molecule has 0 saturated heterocycles. The molecule has 0 amide bonds. The summed E-state index contributed by atoms with van der Waals surface area (Å²) in [5.41, 5.74) is 6.80. The number of halogens is 1. The molecule has 1 aromatic carbocycles. The molecule has 0 spiro atoms. The molecule has 1 heterocycles. The molecule has 0 radical (unpaired) electrons. The van der Waals surface area contributed by atoms with Crippen molar-refractivity contribution in [1.29, 1.82) is 0 Å². The van der Waals surface area contributed by atoms with Crippen LogP contribution < -0.4 is 5.73 Å². The SMILES string of the molecule is CC1=CCN(S(=O)(=O)c2ccc(F)c(CN)c2)CC1. The molecule has 0 atom stereocenters. The summed E-state index contributed by atoms with van der Waals surface area (Å²) in [6.45, 7) is 2.78. The molecule has 4 nitrogen and oxygen atoms in total. The molecule has 2 rings (SSSR count). The van der Waals surface area contributed by atoms with E-state index in [-0.39, 0.29) is 17.0 Å². The van der Waals surface area contributed by atoms with Gasteiger partial charge in [-0.15, -0.1) is 0 Å². The Morgan fingerprint density at radius 2 is 2.16 bits per heavy atom. The van der Waals surface area contributed by atoms with Crippen LogP contribution in [0.4, 0.5) is 4.39 Å². The van der Waals surface area contributed by atoms with Crippen molar-refractivity contribution in [3.8, 4) is 0 Å². The van der Waals surface area contributed by atoms with Crippen LogP contribution in [0.3, 0.4) is 0 Å². The van der Waals surface area contributed by atoms with Gasteiger partial charge in [0, 0.05) is 25.2 Å². The third-order valence-electron chi connectivity index (χ3n) is 3.27. The van der Waals surface area contributed by atoms with Gasteiger partial charge in [0.05, 0.1) is 4.90 Å².